The van der Waals surface area contributed by atoms with E-state index in [4.69, 9.17) is 0 Å². The maximum atomic E-state index is 9.81. The van der Waals surface area contributed by atoms with Crippen LogP contribution in [0.25, 0.3) is 21.8 Å². The lowest BCUT2D eigenvalue weighted by atomic mass is 9.98. The molecule has 36 heavy (non-hydrogen) atoms. The van der Waals surface area contributed by atoms with Crippen LogP contribution in [0.15, 0.2) is 98.5 Å². The Morgan fingerprint density at radius 2 is 1.56 bits per heavy atom. The first-order valence-electron chi connectivity index (χ1n) is 13.0. The van der Waals surface area contributed by atoms with Crippen LogP contribution < -0.4 is 0 Å². The minimum absolute atomic E-state index is 0.311. The Morgan fingerprint density at radius 1 is 0.861 bits per heavy atom. The third-order valence-corrected chi connectivity index (χ3v) is 8.38. The van der Waals surface area contributed by atoms with Gasteiger partial charge in [-0.25, -0.2) is 0 Å². The Morgan fingerprint density at radius 3 is 2.25 bits per heavy atom. The summed E-state index contributed by atoms with van der Waals surface area (Å²) in [5.41, 5.74) is 3.06. The van der Waals surface area contributed by atoms with E-state index >= 15 is 0 Å². The summed E-state index contributed by atoms with van der Waals surface area (Å²) in [7, 11) is 0. The summed E-state index contributed by atoms with van der Waals surface area (Å²) < 4.78 is 0. The van der Waals surface area contributed by atoms with Crippen LogP contribution in [0.5, 0.6) is 0 Å². The molecule has 0 bridgehead atoms. The molecule has 4 heteroatoms. The molecule has 1 unspecified atom stereocenters. The van der Waals surface area contributed by atoms with E-state index < -0.39 is 5.60 Å². The maximum absolute atomic E-state index is 9.81. The predicted octanol–water partition coefficient (Wildman–Crippen LogP) is 10.4. The minimum atomic E-state index is -0.658. The molecule has 190 valence electrons. The number of hydrogen-bond donors (Lipinski definition) is 2. The zero-order valence-corrected chi connectivity index (χ0v) is 24.2. The summed E-state index contributed by atoms with van der Waals surface area (Å²) in [6, 6.07) is 19.9. The number of aromatic amines is 1. The fraction of sp³-hybridized carbons (Fsp3) is 0.312. The number of aromatic nitrogens is 1. The molecule has 0 saturated heterocycles. The van der Waals surface area contributed by atoms with Gasteiger partial charge in [-0.2, -0.15) is 0 Å². The van der Waals surface area contributed by atoms with Crippen molar-refractivity contribution in [2.75, 3.05) is 0 Å². The monoisotopic (exact) mass is 517 g/mol. The number of nitrogens with one attached hydrogen (secondary N) is 1. The summed E-state index contributed by atoms with van der Waals surface area (Å²) >= 11 is 3.72. The third kappa shape index (κ3) is 6.47. The van der Waals surface area contributed by atoms with E-state index in [1.807, 2.05) is 77.2 Å². The van der Waals surface area contributed by atoms with E-state index in [-0.39, 0.29) is 0 Å². The van der Waals surface area contributed by atoms with Crippen molar-refractivity contribution >= 4 is 45.3 Å². The maximum Gasteiger partial charge on any atom is 0.0626 e. The molecular formula is C32H39NOS2. The summed E-state index contributed by atoms with van der Waals surface area (Å²) in [4.78, 5) is 9.00. The van der Waals surface area contributed by atoms with Gasteiger partial charge in [0.2, 0.25) is 0 Å². The van der Waals surface area contributed by atoms with Crippen LogP contribution in [0, 0.1) is 0 Å². The quantitative estimate of drug-likeness (QED) is 0.228. The van der Waals surface area contributed by atoms with Crippen LogP contribution in [-0.2, 0) is 0 Å². The molecule has 0 aliphatic carbocycles. The fourth-order valence-corrected chi connectivity index (χ4v) is 6.38. The van der Waals surface area contributed by atoms with Gasteiger partial charge < -0.3 is 10.1 Å². The van der Waals surface area contributed by atoms with Crippen LogP contribution in [0.4, 0.5) is 0 Å². The molecule has 2 heterocycles. The summed E-state index contributed by atoms with van der Waals surface area (Å²) in [6.45, 7) is 13.9. The molecule has 0 radical (unpaired) electrons. The average molecular weight is 518 g/mol. The molecule has 0 spiro atoms. The van der Waals surface area contributed by atoms with Gasteiger partial charge in [-0.1, -0.05) is 107 Å². The van der Waals surface area contributed by atoms with E-state index in [1.165, 1.54) is 47.0 Å². The minimum Gasteiger partial charge on any atom is -0.390 e. The predicted molar refractivity (Wildman–Crippen MR) is 161 cm³/mol. The Hall–Kier alpha value is -2.40. The average Bonchev–Trinajstić information content (AvgIpc) is 3.27. The molecule has 0 amide bonds. The van der Waals surface area contributed by atoms with E-state index in [1.54, 1.807) is 0 Å². The van der Waals surface area contributed by atoms with E-state index in [9.17, 15) is 5.11 Å². The Labute approximate surface area is 225 Å². The first-order chi connectivity index (χ1) is 17.4. The van der Waals surface area contributed by atoms with Gasteiger partial charge in [0.25, 0.3) is 0 Å². The van der Waals surface area contributed by atoms with Crippen LogP contribution in [0.2, 0.25) is 0 Å². The van der Waals surface area contributed by atoms with Crippen molar-refractivity contribution in [2.45, 2.75) is 86.0 Å². The molecule has 4 aromatic rings. The van der Waals surface area contributed by atoms with Crippen molar-refractivity contribution < 1.29 is 5.11 Å². The highest BCUT2D eigenvalue weighted by Gasteiger charge is 2.21. The highest BCUT2D eigenvalue weighted by molar-refractivity contribution is 8.05. The topological polar surface area (TPSA) is 36.0 Å². The van der Waals surface area contributed by atoms with Crippen molar-refractivity contribution in [3.05, 3.63) is 84.5 Å². The van der Waals surface area contributed by atoms with E-state index in [2.05, 4.69) is 78.7 Å². The van der Waals surface area contributed by atoms with Crippen LogP contribution in [0.1, 0.15) is 66.4 Å². The van der Waals surface area contributed by atoms with Gasteiger partial charge in [-0.15, -0.1) is 0 Å². The van der Waals surface area contributed by atoms with Gasteiger partial charge >= 0.3 is 0 Å². The number of allylic oxidation sites excluding steroid dienone is 3. The van der Waals surface area contributed by atoms with Crippen LogP contribution in [0.3, 0.4) is 0 Å². The van der Waals surface area contributed by atoms with Gasteiger partial charge in [0.05, 0.1) is 16.0 Å². The van der Waals surface area contributed by atoms with Crippen molar-refractivity contribution in [3.63, 3.8) is 0 Å². The number of benzene rings is 3. The highest BCUT2D eigenvalue weighted by Crippen LogP contribution is 2.51. The number of rotatable bonds is 5. The van der Waals surface area contributed by atoms with Crippen molar-refractivity contribution in [1.29, 1.82) is 0 Å². The van der Waals surface area contributed by atoms with Crippen molar-refractivity contribution in [2.24, 2.45) is 0 Å². The van der Waals surface area contributed by atoms with Crippen LogP contribution in [-0.4, -0.2) is 15.7 Å². The molecule has 3 aromatic carbocycles. The summed E-state index contributed by atoms with van der Waals surface area (Å²) in [5.74, 6) is 0.311. The standard InChI is InChI=1S/C28H27NOS2.2C2H6/c1-18(9-5-4-8-16-28(2,3)30)19-12-14-22-21(17-19)20-13-15-25-27(26(20)29-22)32-24-11-7-6-10-23(24)31-25;2*1-2/h4-15,17-18,29-30H,16H2,1-3H3;2*1-2H3/b8-4-,9-5-;;. The van der Waals surface area contributed by atoms with Gasteiger partial charge in [0, 0.05) is 31.0 Å². The molecule has 1 atom stereocenters. The second kappa shape index (κ2) is 12.7. The molecule has 0 fully saturated rings. The number of aliphatic hydroxyl groups is 1. The lowest BCUT2D eigenvalue weighted by Gasteiger charge is -2.18. The van der Waals surface area contributed by atoms with Gasteiger partial charge in [0.15, 0.2) is 0 Å². The lowest BCUT2D eigenvalue weighted by Crippen LogP contribution is -2.16. The Balaban J connectivity index is 0.000000861. The fourth-order valence-electron chi connectivity index (χ4n) is 4.03. The molecular weight excluding hydrogens is 478 g/mol. The van der Waals surface area contributed by atoms with Gasteiger partial charge in [-0.3, -0.25) is 0 Å². The lowest BCUT2D eigenvalue weighted by molar-refractivity contribution is 0.0839. The van der Waals surface area contributed by atoms with Gasteiger partial charge in [0.1, 0.15) is 0 Å². The second-order valence-electron chi connectivity index (χ2n) is 9.01. The van der Waals surface area contributed by atoms with Crippen LogP contribution >= 0.6 is 23.5 Å². The van der Waals surface area contributed by atoms with E-state index in [0.29, 0.717) is 12.3 Å². The normalized spacial score (nSPS) is 13.7. The molecule has 2 nitrogen and oxygen atoms in total. The molecule has 2 N–H and O–H groups in total. The van der Waals surface area contributed by atoms with Crippen molar-refractivity contribution in [1.82, 2.24) is 4.98 Å². The summed E-state index contributed by atoms with van der Waals surface area (Å²) in [6.07, 6.45) is 8.98. The number of fused-ring (bicyclic) bond motifs is 6. The second-order valence-corrected chi connectivity index (χ2v) is 11.2. The first-order valence-corrected chi connectivity index (χ1v) is 14.6. The number of hydrogen-bond acceptors (Lipinski definition) is 3. The van der Waals surface area contributed by atoms with Crippen molar-refractivity contribution in [3.8, 4) is 0 Å². The molecule has 5 rings (SSSR count). The molecule has 1 aromatic heterocycles. The SMILES string of the molecule is CC.CC.CC(/C=C\C=C/CC(C)(C)O)c1ccc2[nH]c3c4c(ccc3c2c1)Sc1ccccc1S4. The zero-order chi connectivity index (χ0) is 26.3. The van der Waals surface area contributed by atoms with Gasteiger partial charge in [-0.05, 0) is 62.1 Å². The largest absolute Gasteiger partial charge is 0.390 e. The summed E-state index contributed by atoms with van der Waals surface area (Å²) in [5, 5.41) is 12.4. The highest BCUT2D eigenvalue weighted by atomic mass is 32.2. The third-order valence-electron chi connectivity index (χ3n) is 5.79. The smallest absolute Gasteiger partial charge is 0.0626 e. The first kappa shape index (κ1) is 28.2. The molecule has 1 aliphatic rings. The molecule has 0 saturated carbocycles. The van der Waals surface area contributed by atoms with E-state index in [0.717, 1.165) is 0 Å². The Kier molecular flexibility index (Phi) is 9.95. The Bertz CT molecular complexity index is 1360. The number of H-pyrrole nitrogens is 1. The molecule has 1 aliphatic heterocycles. The zero-order valence-electron chi connectivity index (χ0n) is 22.6.